The Kier molecular flexibility index (Phi) is 2.71. The first kappa shape index (κ1) is 10.5. The van der Waals surface area contributed by atoms with E-state index in [1.165, 1.54) is 12.0 Å². The van der Waals surface area contributed by atoms with Crippen LogP contribution in [0.15, 0.2) is 35.3 Å². The van der Waals surface area contributed by atoms with Crippen molar-refractivity contribution in [3.05, 3.63) is 30.3 Å². The number of amidine groups is 1. The summed E-state index contributed by atoms with van der Waals surface area (Å²) in [6.07, 6.45) is 0. The molecule has 0 amide bonds. The van der Waals surface area contributed by atoms with Gasteiger partial charge in [-0.05, 0) is 26.0 Å². The van der Waals surface area contributed by atoms with Crippen LogP contribution in [0.4, 0.5) is 5.69 Å². The quantitative estimate of drug-likeness (QED) is 0.683. The fourth-order valence-corrected chi connectivity index (χ4v) is 2.05. The molecule has 1 heterocycles. The highest BCUT2D eigenvalue weighted by atomic mass is 32.2. The Labute approximate surface area is 94.4 Å². The van der Waals surface area contributed by atoms with Crippen molar-refractivity contribution in [3.63, 3.8) is 0 Å². The number of para-hydroxylation sites is 1. The monoisotopic (exact) mass is 222 g/mol. The van der Waals surface area contributed by atoms with Crippen molar-refractivity contribution in [1.29, 1.82) is 0 Å². The summed E-state index contributed by atoms with van der Waals surface area (Å²) in [6, 6.07) is 9.89. The molecule has 0 atom stereocenters. The average Bonchev–Trinajstić information content (AvgIpc) is 2.47. The number of hydrogen-bond acceptors (Lipinski definition) is 3. The van der Waals surface area contributed by atoms with E-state index < -0.39 is 0 Å². The van der Waals surface area contributed by atoms with E-state index >= 15 is 0 Å². The van der Waals surface area contributed by atoms with Gasteiger partial charge in [0.25, 0.3) is 0 Å². The Hall–Kier alpha value is -1.00. The van der Waals surface area contributed by atoms with Gasteiger partial charge < -0.3 is 4.90 Å². The molecule has 80 valence electrons. The van der Waals surface area contributed by atoms with Crippen LogP contribution in [0.3, 0.4) is 0 Å². The van der Waals surface area contributed by atoms with Crippen molar-refractivity contribution in [3.8, 4) is 0 Å². The van der Waals surface area contributed by atoms with Crippen LogP contribution < -0.4 is 0 Å². The molecular formula is C11H14N2OS. The SMILES string of the molecule is CN1C(=Nc2ccccc2)SOC1(C)C. The molecule has 0 radical (unpaired) electrons. The highest BCUT2D eigenvalue weighted by Crippen LogP contribution is 2.34. The van der Waals surface area contributed by atoms with Crippen LogP contribution in [0.25, 0.3) is 0 Å². The first-order valence-corrected chi connectivity index (χ1v) is 5.57. The average molecular weight is 222 g/mol. The van der Waals surface area contributed by atoms with E-state index in [2.05, 4.69) is 4.99 Å². The largest absolute Gasteiger partial charge is 0.324 e. The van der Waals surface area contributed by atoms with Gasteiger partial charge in [-0.15, -0.1) is 0 Å². The lowest BCUT2D eigenvalue weighted by atomic mass is 10.3. The fraction of sp³-hybridized carbons (Fsp3) is 0.364. The van der Waals surface area contributed by atoms with Crippen molar-refractivity contribution in [2.75, 3.05) is 7.05 Å². The van der Waals surface area contributed by atoms with Crippen molar-refractivity contribution in [2.45, 2.75) is 19.6 Å². The summed E-state index contributed by atoms with van der Waals surface area (Å²) in [4.78, 5) is 6.55. The summed E-state index contributed by atoms with van der Waals surface area (Å²) in [7, 11) is 1.99. The third-order valence-corrected chi connectivity index (χ3v) is 3.40. The molecule has 1 fully saturated rings. The molecule has 1 aliphatic rings. The molecule has 1 saturated heterocycles. The molecule has 15 heavy (non-hydrogen) atoms. The molecule has 0 bridgehead atoms. The Morgan fingerprint density at radius 2 is 1.93 bits per heavy atom. The topological polar surface area (TPSA) is 24.8 Å². The zero-order valence-electron chi connectivity index (χ0n) is 9.10. The van der Waals surface area contributed by atoms with Crippen LogP contribution in [-0.4, -0.2) is 22.8 Å². The van der Waals surface area contributed by atoms with E-state index in [-0.39, 0.29) is 5.72 Å². The van der Waals surface area contributed by atoms with Crippen molar-refractivity contribution >= 4 is 22.9 Å². The summed E-state index contributed by atoms with van der Waals surface area (Å²) in [5.41, 5.74) is 0.673. The lowest BCUT2D eigenvalue weighted by molar-refractivity contribution is 0.0429. The molecule has 0 spiro atoms. The summed E-state index contributed by atoms with van der Waals surface area (Å²) in [5.74, 6) is 0. The maximum absolute atomic E-state index is 5.55. The van der Waals surface area contributed by atoms with Crippen molar-refractivity contribution in [1.82, 2.24) is 4.90 Å². The summed E-state index contributed by atoms with van der Waals surface area (Å²) < 4.78 is 5.55. The Morgan fingerprint density at radius 3 is 2.47 bits per heavy atom. The molecule has 4 heteroatoms. The predicted octanol–water partition coefficient (Wildman–Crippen LogP) is 3.02. The second-order valence-corrected chi connectivity index (χ2v) is 4.60. The second-order valence-electron chi connectivity index (χ2n) is 3.90. The molecule has 0 aliphatic carbocycles. The molecule has 0 unspecified atom stereocenters. The van der Waals surface area contributed by atoms with E-state index in [1.54, 1.807) is 0 Å². The second kappa shape index (κ2) is 3.87. The fourth-order valence-electron chi connectivity index (χ4n) is 1.19. The molecule has 2 rings (SSSR count). The summed E-state index contributed by atoms with van der Waals surface area (Å²) in [5, 5.41) is 0.895. The zero-order chi connectivity index (χ0) is 10.9. The number of benzene rings is 1. The maximum Gasteiger partial charge on any atom is 0.194 e. The van der Waals surface area contributed by atoms with Gasteiger partial charge in [0, 0.05) is 7.05 Å². The maximum atomic E-state index is 5.55. The minimum Gasteiger partial charge on any atom is -0.324 e. The molecule has 1 aromatic carbocycles. The van der Waals surface area contributed by atoms with Gasteiger partial charge in [-0.3, -0.25) is 4.18 Å². The van der Waals surface area contributed by atoms with Crippen LogP contribution in [0, 0.1) is 0 Å². The summed E-state index contributed by atoms with van der Waals surface area (Å²) >= 11 is 1.33. The van der Waals surface area contributed by atoms with Gasteiger partial charge in [-0.2, -0.15) is 0 Å². The normalized spacial score (nSPS) is 22.3. The van der Waals surface area contributed by atoms with Gasteiger partial charge in [0.2, 0.25) is 0 Å². The number of rotatable bonds is 1. The van der Waals surface area contributed by atoms with Crippen LogP contribution in [0.2, 0.25) is 0 Å². The van der Waals surface area contributed by atoms with Gasteiger partial charge in [0.1, 0.15) is 0 Å². The van der Waals surface area contributed by atoms with Gasteiger partial charge in [0.05, 0.1) is 17.7 Å². The van der Waals surface area contributed by atoms with Crippen molar-refractivity contribution < 1.29 is 4.18 Å². The van der Waals surface area contributed by atoms with Gasteiger partial charge in [-0.25, -0.2) is 4.99 Å². The highest BCUT2D eigenvalue weighted by Gasteiger charge is 2.35. The Morgan fingerprint density at radius 1 is 1.27 bits per heavy atom. The molecule has 0 aromatic heterocycles. The Balaban J connectivity index is 2.23. The highest BCUT2D eigenvalue weighted by molar-refractivity contribution is 8.10. The third-order valence-electron chi connectivity index (χ3n) is 2.40. The van der Waals surface area contributed by atoms with Crippen LogP contribution in [-0.2, 0) is 4.18 Å². The molecule has 0 saturated carbocycles. The summed E-state index contributed by atoms with van der Waals surface area (Å²) in [6.45, 7) is 4.04. The predicted molar refractivity (Wildman–Crippen MR) is 64.1 cm³/mol. The first-order chi connectivity index (χ1) is 7.09. The molecule has 0 N–H and O–H groups in total. The first-order valence-electron chi connectivity index (χ1n) is 4.83. The van der Waals surface area contributed by atoms with E-state index in [9.17, 15) is 0 Å². The van der Waals surface area contributed by atoms with Gasteiger partial charge in [-0.1, -0.05) is 18.2 Å². The van der Waals surface area contributed by atoms with E-state index in [0.717, 1.165) is 10.9 Å². The minimum atomic E-state index is -0.279. The zero-order valence-corrected chi connectivity index (χ0v) is 9.91. The van der Waals surface area contributed by atoms with Crippen LogP contribution in [0.5, 0.6) is 0 Å². The van der Waals surface area contributed by atoms with Gasteiger partial charge in [0.15, 0.2) is 10.9 Å². The lowest BCUT2D eigenvalue weighted by Gasteiger charge is -2.25. The molecule has 1 aromatic rings. The van der Waals surface area contributed by atoms with Crippen molar-refractivity contribution in [2.24, 2.45) is 4.99 Å². The molecule has 3 nitrogen and oxygen atoms in total. The third kappa shape index (κ3) is 2.16. The minimum absolute atomic E-state index is 0.279. The molecule has 1 aliphatic heterocycles. The number of hydrogen-bond donors (Lipinski definition) is 0. The smallest absolute Gasteiger partial charge is 0.194 e. The number of aliphatic imine (C=N–C) groups is 1. The van der Waals surface area contributed by atoms with E-state index in [1.807, 2.05) is 56.1 Å². The standard InChI is InChI=1S/C11H14N2OS/c1-11(2)13(3)10(15-14-11)12-9-7-5-4-6-8-9/h4-8H,1-3H3. The molecular weight excluding hydrogens is 208 g/mol. The Bertz CT molecular complexity index is 375. The van der Waals surface area contributed by atoms with Crippen LogP contribution in [0.1, 0.15) is 13.8 Å². The van der Waals surface area contributed by atoms with E-state index in [4.69, 9.17) is 4.18 Å². The van der Waals surface area contributed by atoms with Gasteiger partial charge >= 0.3 is 0 Å². The number of nitrogens with zero attached hydrogens (tertiary/aromatic N) is 2. The lowest BCUT2D eigenvalue weighted by Crippen LogP contribution is -2.38. The van der Waals surface area contributed by atoms with E-state index in [0.29, 0.717) is 0 Å². The van der Waals surface area contributed by atoms with Crippen LogP contribution >= 0.6 is 12.0 Å².